The summed E-state index contributed by atoms with van der Waals surface area (Å²) in [4.78, 5) is 0. The molecule has 25 heavy (non-hydrogen) atoms. The van der Waals surface area contributed by atoms with Gasteiger partial charge in [-0.05, 0) is 59.7 Å². The third kappa shape index (κ3) is 8.04. The maximum absolute atomic E-state index is 2.59. The summed E-state index contributed by atoms with van der Waals surface area (Å²) in [5.74, 6) is 5.04. The van der Waals surface area contributed by atoms with Crippen LogP contribution in [0.2, 0.25) is 0 Å². The molecule has 0 fully saturated rings. The van der Waals surface area contributed by atoms with Crippen molar-refractivity contribution in [2.45, 2.75) is 121 Å². The Bertz CT molecular complexity index is 330. The second-order valence-electron chi connectivity index (χ2n) is 10.7. The van der Waals surface area contributed by atoms with Crippen molar-refractivity contribution in [1.82, 2.24) is 0 Å². The van der Waals surface area contributed by atoms with E-state index in [4.69, 9.17) is 0 Å². The van der Waals surface area contributed by atoms with Gasteiger partial charge in [0.15, 0.2) is 0 Å². The van der Waals surface area contributed by atoms with Crippen LogP contribution in [-0.4, -0.2) is 0 Å². The quantitative estimate of drug-likeness (QED) is 0.329. The van der Waals surface area contributed by atoms with Gasteiger partial charge in [0.1, 0.15) is 0 Å². The Hall–Kier alpha value is 0. The second-order valence-corrected chi connectivity index (χ2v) is 10.7. The largest absolute Gasteiger partial charge is 0.0651 e. The van der Waals surface area contributed by atoms with Gasteiger partial charge in [-0.3, -0.25) is 0 Å². The van der Waals surface area contributed by atoms with Crippen LogP contribution in [0.4, 0.5) is 0 Å². The summed E-state index contributed by atoms with van der Waals surface area (Å²) in [5.41, 5.74) is 0.788. The Morgan fingerprint density at radius 2 is 1.36 bits per heavy atom. The first-order chi connectivity index (χ1) is 11.4. The molecule has 0 heteroatoms. The average molecular weight is 352 g/mol. The van der Waals surface area contributed by atoms with Crippen molar-refractivity contribution in [1.29, 1.82) is 0 Å². The third-order valence-electron chi connectivity index (χ3n) is 6.84. The zero-order valence-corrected chi connectivity index (χ0v) is 19.8. The van der Waals surface area contributed by atoms with E-state index in [0.29, 0.717) is 10.8 Å². The van der Waals surface area contributed by atoms with Gasteiger partial charge in [-0.1, -0.05) is 102 Å². The van der Waals surface area contributed by atoms with Crippen LogP contribution in [0, 0.1) is 40.4 Å². The Morgan fingerprint density at radius 3 is 1.72 bits per heavy atom. The van der Waals surface area contributed by atoms with E-state index in [1.165, 1.54) is 44.9 Å². The van der Waals surface area contributed by atoms with Crippen LogP contribution < -0.4 is 0 Å². The summed E-state index contributed by atoms with van der Waals surface area (Å²) in [7, 11) is 0. The van der Waals surface area contributed by atoms with Crippen molar-refractivity contribution in [3.8, 4) is 0 Å². The van der Waals surface area contributed by atoms with E-state index >= 15 is 0 Å². The van der Waals surface area contributed by atoms with Crippen molar-refractivity contribution < 1.29 is 0 Å². The molecule has 0 aromatic rings. The number of hydrogen-bond donors (Lipinski definition) is 0. The molecule has 3 unspecified atom stereocenters. The lowest BCUT2D eigenvalue weighted by molar-refractivity contribution is 0.0482. The molecular formula is C25H51. The molecule has 0 aliphatic heterocycles. The van der Waals surface area contributed by atoms with Crippen LogP contribution in [0.25, 0.3) is 0 Å². The minimum atomic E-state index is 0.383. The first-order valence-corrected chi connectivity index (χ1v) is 11.3. The molecule has 0 saturated heterocycles. The summed E-state index contributed by atoms with van der Waals surface area (Å²) in [5, 5.41) is 0. The smallest absolute Gasteiger partial charge is 0.0205 e. The maximum Gasteiger partial charge on any atom is -0.0205 e. The third-order valence-corrected chi connectivity index (χ3v) is 6.84. The molecule has 0 N–H and O–H groups in total. The highest BCUT2D eigenvalue weighted by Crippen LogP contribution is 2.55. The van der Waals surface area contributed by atoms with Gasteiger partial charge in [-0.2, -0.15) is 0 Å². The monoisotopic (exact) mass is 351 g/mol. The SMILES string of the molecule is CCC(C)C[C](C)C(CCC(C)C)(CC(C)(C)C)C(C)C(CC)CC. The van der Waals surface area contributed by atoms with Crippen molar-refractivity contribution >= 4 is 0 Å². The van der Waals surface area contributed by atoms with E-state index in [1.54, 1.807) is 5.92 Å². The first kappa shape index (κ1) is 25.0. The van der Waals surface area contributed by atoms with E-state index in [1.807, 2.05) is 0 Å². The van der Waals surface area contributed by atoms with Gasteiger partial charge in [-0.25, -0.2) is 0 Å². The molecule has 0 bridgehead atoms. The fraction of sp³-hybridized carbons (Fsp3) is 0.960. The molecule has 0 aromatic heterocycles. The van der Waals surface area contributed by atoms with Gasteiger partial charge in [0.05, 0.1) is 0 Å². The van der Waals surface area contributed by atoms with Crippen LogP contribution in [-0.2, 0) is 0 Å². The molecule has 0 amide bonds. The van der Waals surface area contributed by atoms with Crippen molar-refractivity contribution in [3.63, 3.8) is 0 Å². The molecule has 0 spiro atoms. The minimum absolute atomic E-state index is 0.383. The fourth-order valence-electron chi connectivity index (χ4n) is 5.04. The van der Waals surface area contributed by atoms with Crippen LogP contribution in [0.15, 0.2) is 0 Å². The molecule has 0 saturated carbocycles. The lowest BCUT2D eigenvalue weighted by atomic mass is 9.54. The van der Waals surface area contributed by atoms with Gasteiger partial charge in [0.2, 0.25) is 0 Å². The summed E-state index contributed by atoms with van der Waals surface area (Å²) in [6.45, 7) is 26.8. The molecule has 0 aromatic carbocycles. The number of hydrogen-bond acceptors (Lipinski definition) is 0. The summed E-state index contributed by atoms with van der Waals surface area (Å²) < 4.78 is 0. The minimum Gasteiger partial charge on any atom is -0.0651 e. The summed E-state index contributed by atoms with van der Waals surface area (Å²) in [6, 6.07) is 0. The first-order valence-electron chi connectivity index (χ1n) is 11.3. The second kappa shape index (κ2) is 11.0. The maximum atomic E-state index is 2.59. The van der Waals surface area contributed by atoms with Gasteiger partial charge >= 0.3 is 0 Å². The molecule has 0 aliphatic carbocycles. The predicted molar refractivity (Wildman–Crippen MR) is 117 cm³/mol. The van der Waals surface area contributed by atoms with E-state index < -0.39 is 0 Å². The Labute approximate surface area is 161 Å². The van der Waals surface area contributed by atoms with E-state index in [0.717, 1.165) is 23.7 Å². The van der Waals surface area contributed by atoms with E-state index in [2.05, 4.69) is 76.2 Å². The van der Waals surface area contributed by atoms with Gasteiger partial charge in [-0.15, -0.1) is 0 Å². The van der Waals surface area contributed by atoms with E-state index in [9.17, 15) is 0 Å². The molecule has 0 nitrogen and oxygen atoms in total. The average Bonchev–Trinajstić information content (AvgIpc) is 2.50. The Morgan fingerprint density at radius 1 is 0.840 bits per heavy atom. The van der Waals surface area contributed by atoms with Crippen molar-refractivity contribution in [2.24, 2.45) is 34.5 Å². The molecule has 151 valence electrons. The van der Waals surface area contributed by atoms with Crippen LogP contribution >= 0.6 is 0 Å². The number of rotatable bonds is 12. The molecule has 0 heterocycles. The van der Waals surface area contributed by atoms with Crippen molar-refractivity contribution in [3.05, 3.63) is 5.92 Å². The van der Waals surface area contributed by atoms with Crippen LogP contribution in [0.1, 0.15) is 121 Å². The lowest BCUT2D eigenvalue weighted by Gasteiger charge is -2.51. The fourth-order valence-corrected chi connectivity index (χ4v) is 5.04. The summed E-state index contributed by atoms with van der Waals surface area (Å²) in [6.07, 6.45) is 9.33. The van der Waals surface area contributed by atoms with E-state index in [-0.39, 0.29) is 0 Å². The molecule has 3 atom stereocenters. The molecule has 0 aliphatic rings. The normalized spacial score (nSPS) is 18.0. The predicted octanol–water partition coefficient (Wildman–Crippen LogP) is 8.95. The van der Waals surface area contributed by atoms with Gasteiger partial charge in [0, 0.05) is 0 Å². The molecule has 1 radical (unpaired) electrons. The Kier molecular flexibility index (Phi) is 11.0. The van der Waals surface area contributed by atoms with Crippen molar-refractivity contribution in [2.75, 3.05) is 0 Å². The highest BCUT2D eigenvalue weighted by atomic mass is 14.5. The molecule has 0 rings (SSSR count). The van der Waals surface area contributed by atoms with Gasteiger partial charge < -0.3 is 0 Å². The lowest BCUT2D eigenvalue weighted by Crippen LogP contribution is -2.42. The Balaban J connectivity index is 5.92. The van der Waals surface area contributed by atoms with Crippen LogP contribution in [0.3, 0.4) is 0 Å². The van der Waals surface area contributed by atoms with Crippen LogP contribution in [0.5, 0.6) is 0 Å². The highest BCUT2D eigenvalue weighted by Gasteiger charge is 2.45. The molecular weight excluding hydrogens is 300 g/mol. The zero-order chi connectivity index (χ0) is 19.8. The topological polar surface area (TPSA) is 0 Å². The standard InChI is InChI=1S/C25H51/c1-12-20(6)17-21(7)25(16-15-19(4)5,18-24(9,10)11)22(8)23(13-2)14-3/h19-20,22-23H,12-18H2,1-11H3. The summed E-state index contributed by atoms with van der Waals surface area (Å²) >= 11 is 0. The zero-order valence-electron chi connectivity index (χ0n) is 19.8. The van der Waals surface area contributed by atoms with Gasteiger partial charge in [0.25, 0.3) is 0 Å². The highest BCUT2D eigenvalue weighted by molar-refractivity contribution is 5.09.